The van der Waals surface area contributed by atoms with Crippen molar-refractivity contribution in [2.75, 3.05) is 0 Å². The summed E-state index contributed by atoms with van der Waals surface area (Å²) in [6.07, 6.45) is 6.03. The number of nitrogens with zero attached hydrogens (tertiary/aromatic N) is 2. The fraction of sp³-hybridized carbons (Fsp3) is 0. The summed E-state index contributed by atoms with van der Waals surface area (Å²) in [5.74, 6) is 0. The van der Waals surface area contributed by atoms with E-state index in [0.717, 1.165) is 5.12 Å². The third-order valence-electron chi connectivity index (χ3n) is 0.817. The summed E-state index contributed by atoms with van der Waals surface area (Å²) in [5.41, 5.74) is 2.39. The molecule has 48 valence electrons. The highest BCUT2D eigenvalue weighted by Crippen LogP contribution is 1.90. The van der Waals surface area contributed by atoms with Gasteiger partial charge in [0.05, 0.1) is 6.20 Å². The SMILES string of the molecule is O=[N+]([O-])N1C=CC=CN1. The monoisotopic (exact) mass is 127 g/mol. The molecule has 5 nitrogen and oxygen atoms in total. The smallest absolute Gasteiger partial charge is 0.185 e. The molecular weight excluding hydrogens is 122 g/mol. The van der Waals surface area contributed by atoms with Gasteiger partial charge in [0.1, 0.15) is 0 Å². The third kappa shape index (κ3) is 1.18. The molecule has 0 aromatic rings. The quantitative estimate of drug-likeness (QED) is 0.398. The molecule has 0 spiro atoms. The largest absolute Gasteiger partial charge is 0.249 e. The molecule has 1 N–H and O–H groups in total. The van der Waals surface area contributed by atoms with Crippen molar-refractivity contribution in [2.24, 2.45) is 0 Å². The molecule has 0 unspecified atom stereocenters. The van der Waals surface area contributed by atoms with Crippen LogP contribution in [0.1, 0.15) is 0 Å². The van der Waals surface area contributed by atoms with Crippen LogP contribution < -0.4 is 5.43 Å². The standard InChI is InChI=1S/C4H5N3O2/c8-7(9)6-4-2-1-3-5-6/h1-5H. The second-order valence-electron chi connectivity index (χ2n) is 1.41. The minimum Gasteiger partial charge on any atom is -0.249 e. The zero-order valence-corrected chi connectivity index (χ0v) is 4.52. The Bertz CT molecular complexity index is 175. The van der Waals surface area contributed by atoms with E-state index in [1.165, 1.54) is 12.4 Å². The van der Waals surface area contributed by atoms with E-state index < -0.39 is 5.03 Å². The van der Waals surface area contributed by atoms with Crippen molar-refractivity contribution in [3.8, 4) is 0 Å². The maximum absolute atomic E-state index is 9.94. The molecule has 0 radical (unpaired) electrons. The number of hydrogen-bond donors (Lipinski definition) is 1. The van der Waals surface area contributed by atoms with Crippen molar-refractivity contribution in [3.63, 3.8) is 0 Å². The van der Waals surface area contributed by atoms with Gasteiger partial charge in [-0.05, 0) is 17.3 Å². The van der Waals surface area contributed by atoms with Gasteiger partial charge in [0.15, 0.2) is 5.03 Å². The van der Waals surface area contributed by atoms with E-state index in [1.807, 2.05) is 0 Å². The summed E-state index contributed by atoms with van der Waals surface area (Å²) < 4.78 is 0. The zero-order valence-electron chi connectivity index (χ0n) is 4.52. The van der Waals surface area contributed by atoms with Gasteiger partial charge < -0.3 is 0 Å². The molecule has 0 aromatic heterocycles. The minimum absolute atomic E-state index is 0.556. The van der Waals surface area contributed by atoms with E-state index in [0.29, 0.717) is 0 Å². The van der Waals surface area contributed by atoms with Gasteiger partial charge in [-0.1, -0.05) is 0 Å². The fourth-order valence-electron chi connectivity index (χ4n) is 0.451. The average Bonchev–Trinajstić information content (AvgIpc) is 1.90. The summed E-state index contributed by atoms with van der Waals surface area (Å²) in [4.78, 5) is 9.94. The van der Waals surface area contributed by atoms with Crippen molar-refractivity contribution in [3.05, 3.63) is 34.7 Å². The van der Waals surface area contributed by atoms with E-state index in [2.05, 4.69) is 5.43 Å². The van der Waals surface area contributed by atoms with Crippen LogP contribution in [0.4, 0.5) is 0 Å². The zero-order chi connectivity index (χ0) is 6.69. The first-order chi connectivity index (χ1) is 4.30. The highest BCUT2D eigenvalue weighted by molar-refractivity contribution is 5.03. The van der Waals surface area contributed by atoms with Crippen LogP contribution in [0.2, 0.25) is 0 Å². The van der Waals surface area contributed by atoms with E-state index >= 15 is 0 Å². The third-order valence-corrected chi connectivity index (χ3v) is 0.817. The summed E-state index contributed by atoms with van der Waals surface area (Å²) in [7, 11) is 0. The summed E-state index contributed by atoms with van der Waals surface area (Å²) >= 11 is 0. The molecule has 0 aromatic carbocycles. The van der Waals surface area contributed by atoms with Crippen LogP contribution in [0.25, 0.3) is 0 Å². The lowest BCUT2D eigenvalue weighted by Gasteiger charge is -2.09. The van der Waals surface area contributed by atoms with E-state index in [1.54, 1.807) is 12.2 Å². The lowest BCUT2D eigenvalue weighted by Crippen LogP contribution is -2.35. The van der Waals surface area contributed by atoms with Gasteiger partial charge in [0.25, 0.3) is 0 Å². The minimum atomic E-state index is -0.556. The summed E-state index contributed by atoms with van der Waals surface area (Å²) in [6.45, 7) is 0. The molecule has 5 heteroatoms. The maximum Gasteiger partial charge on any atom is 0.185 e. The van der Waals surface area contributed by atoms with Crippen molar-refractivity contribution in [1.82, 2.24) is 10.5 Å². The van der Waals surface area contributed by atoms with Crippen LogP contribution in [0.3, 0.4) is 0 Å². The molecule has 1 aliphatic rings. The molecule has 1 rings (SSSR count). The normalized spacial score (nSPS) is 15.3. The number of nitro groups is 1. The van der Waals surface area contributed by atoms with Crippen molar-refractivity contribution < 1.29 is 5.03 Å². The summed E-state index contributed by atoms with van der Waals surface area (Å²) in [6, 6.07) is 0. The molecule has 0 saturated heterocycles. The summed E-state index contributed by atoms with van der Waals surface area (Å²) in [5, 5.41) is 10.1. The molecule has 0 atom stereocenters. The second-order valence-corrected chi connectivity index (χ2v) is 1.41. The Morgan fingerprint density at radius 1 is 1.56 bits per heavy atom. The first kappa shape index (κ1) is 5.61. The number of nitrogens with one attached hydrogen (secondary N) is 1. The van der Waals surface area contributed by atoms with Crippen molar-refractivity contribution in [2.45, 2.75) is 0 Å². The van der Waals surface area contributed by atoms with E-state index in [9.17, 15) is 10.1 Å². The predicted molar refractivity (Wildman–Crippen MR) is 30.2 cm³/mol. The molecule has 1 aliphatic heterocycles. The highest BCUT2D eigenvalue weighted by atomic mass is 16.7. The molecule has 0 amide bonds. The van der Waals surface area contributed by atoms with E-state index in [-0.39, 0.29) is 0 Å². The Morgan fingerprint density at radius 3 is 2.67 bits per heavy atom. The molecule has 1 heterocycles. The van der Waals surface area contributed by atoms with Gasteiger partial charge >= 0.3 is 0 Å². The molecule has 0 aliphatic carbocycles. The van der Waals surface area contributed by atoms with Gasteiger partial charge in [-0.3, -0.25) is 0 Å². The Kier molecular flexibility index (Phi) is 1.35. The lowest BCUT2D eigenvalue weighted by molar-refractivity contribution is -0.651. The van der Waals surface area contributed by atoms with Crippen LogP contribution in [0, 0.1) is 10.1 Å². The molecule has 0 bridgehead atoms. The first-order valence-corrected chi connectivity index (χ1v) is 2.34. The van der Waals surface area contributed by atoms with E-state index in [4.69, 9.17) is 0 Å². The average molecular weight is 127 g/mol. The molecule has 0 fully saturated rings. The van der Waals surface area contributed by atoms with Crippen LogP contribution in [0.5, 0.6) is 0 Å². The fourth-order valence-corrected chi connectivity index (χ4v) is 0.451. The number of hydrazine groups is 2. The van der Waals surface area contributed by atoms with Crippen molar-refractivity contribution in [1.29, 1.82) is 0 Å². The number of allylic oxidation sites excluding steroid dienone is 2. The van der Waals surface area contributed by atoms with Crippen molar-refractivity contribution >= 4 is 0 Å². The van der Waals surface area contributed by atoms with Crippen LogP contribution in [0.15, 0.2) is 24.6 Å². The topological polar surface area (TPSA) is 58.4 Å². The molecule has 9 heavy (non-hydrogen) atoms. The number of rotatable bonds is 1. The Balaban J connectivity index is 2.56. The highest BCUT2D eigenvalue weighted by Gasteiger charge is 2.07. The van der Waals surface area contributed by atoms with Gasteiger partial charge in [-0.25, -0.2) is 15.5 Å². The Hall–Kier alpha value is -1.52. The molecule has 0 saturated carbocycles. The predicted octanol–water partition coefficient (Wildman–Crippen LogP) is 0.0257. The van der Waals surface area contributed by atoms with Crippen LogP contribution in [-0.4, -0.2) is 10.2 Å². The van der Waals surface area contributed by atoms with Crippen LogP contribution >= 0.6 is 0 Å². The number of hydrogen-bond acceptors (Lipinski definition) is 3. The van der Waals surface area contributed by atoms with Gasteiger partial charge in [-0.2, -0.15) is 0 Å². The van der Waals surface area contributed by atoms with Gasteiger partial charge in [-0.15, -0.1) is 0 Å². The second kappa shape index (κ2) is 2.17. The first-order valence-electron chi connectivity index (χ1n) is 2.34. The van der Waals surface area contributed by atoms with Crippen LogP contribution in [-0.2, 0) is 0 Å². The lowest BCUT2D eigenvalue weighted by atomic mass is 10.5. The Morgan fingerprint density at radius 2 is 2.33 bits per heavy atom. The van der Waals surface area contributed by atoms with Gasteiger partial charge in [0, 0.05) is 6.20 Å². The van der Waals surface area contributed by atoms with Gasteiger partial charge in [0.2, 0.25) is 0 Å². The molecular formula is C4H5N3O2. The maximum atomic E-state index is 9.94. The Labute approximate surface area is 51.4 Å².